The highest BCUT2D eigenvalue weighted by Gasteiger charge is 2.16. The minimum atomic E-state index is -0.449. The van der Waals surface area contributed by atoms with Crippen molar-refractivity contribution in [3.8, 4) is 11.4 Å². The summed E-state index contributed by atoms with van der Waals surface area (Å²) >= 11 is 0. The SMILES string of the molecule is CC(NC(=O)C=Cc1ccccc1)c1nc(-c2ccc(F)cc2)no1. The van der Waals surface area contributed by atoms with E-state index in [1.165, 1.54) is 18.2 Å². The van der Waals surface area contributed by atoms with Crippen LogP contribution >= 0.6 is 0 Å². The van der Waals surface area contributed by atoms with Crippen LogP contribution in [0.3, 0.4) is 0 Å². The fourth-order valence-corrected chi connectivity index (χ4v) is 2.19. The number of aromatic nitrogens is 2. The number of halogens is 1. The maximum atomic E-state index is 13.0. The van der Waals surface area contributed by atoms with Gasteiger partial charge in [-0.3, -0.25) is 4.79 Å². The van der Waals surface area contributed by atoms with Crippen molar-refractivity contribution >= 4 is 12.0 Å². The Morgan fingerprint density at radius 2 is 1.88 bits per heavy atom. The predicted octanol–water partition coefficient (Wildman–Crippen LogP) is 3.77. The molecule has 1 heterocycles. The van der Waals surface area contributed by atoms with Gasteiger partial charge in [-0.1, -0.05) is 35.5 Å². The van der Waals surface area contributed by atoms with E-state index in [0.717, 1.165) is 5.56 Å². The first kappa shape index (κ1) is 16.6. The Bertz CT molecular complexity index is 873. The summed E-state index contributed by atoms with van der Waals surface area (Å²) in [6.45, 7) is 1.75. The zero-order valence-electron chi connectivity index (χ0n) is 13.5. The van der Waals surface area contributed by atoms with E-state index in [4.69, 9.17) is 4.52 Å². The average Bonchev–Trinajstić information content (AvgIpc) is 3.12. The van der Waals surface area contributed by atoms with Crippen LogP contribution in [0.4, 0.5) is 4.39 Å². The van der Waals surface area contributed by atoms with Gasteiger partial charge in [0.15, 0.2) is 0 Å². The normalized spacial score (nSPS) is 12.2. The van der Waals surface area contributed by atoms with Gasteiger partial charge in [-0.2, -0.15) is 4.98 Å². The molecule has 1 atom stereocenters. The van der Waals surface area contributed by atoms with Crippen LogP contribution in [0, 0.1) is 5.82 Å². The number of carbonyl (C=O) groups is 1. The Morgan fingerprint density at radius 1 is 1.16 bits per heavy atom. The van der Waals surface area contributed by atoms with Crippen molar-refractivity contribution in [1.82, 2.24) is 15.5 Å². The first-order valence-corrected chi connectivity index (χ1v) is 7.75. The molecule has 0 aliphatic carbocycles. The summed E-state index contributed by atoms with van der Waals surface area (Å²) in [5.41, 5.74) is 1.57. The van der Waals surface area contributed by atoms with E-state index in [0.29, 0.717) is 11.4 Å². The maximum absolute atomic E-state index is 13.0. The molecule has 1 unspecified atom stereocenters. The molecule has 25 heavy (non-hydrogen) atoms. The Morgan fingerprint density at radius 3 is 2.60 bits per heavy atom. The average molecular weight is 337 g/mol. The first-order chi connectivity index (χ1) is 12.1. The third-order valence-electron chi connectivity index (χ3n) is 3.50. The number of hydrogen-bond donors (Lipinski definition) is 1. The van der Waals surface area contributed by atoms with Gasteiger partial charge < -0.3 is 9.84 Å². The van der Waals surface area contributed by atoms with Crippen molar-refractivity contribution in [3.05, 3.63) is 77.9 Å². The lowest BCUT2D eigenvalue weighted by atomic mass is 10.2. The van der Waals surface area contributed by atoms with E-state index >= 15 is 0 Å². The molecule has 5 nitrogen and oxygen atoms in total. The lowest BCUT2D eigenvalue weighted by Crippen LogP contribution is -2.24. The van der Waals surface area contributed by atoms with Crippen LogP contribution in [-0.4, -0.2) is 16.0 Å². The molecule has 2 aromatic carbocycles. The number of nitrogens with one attached hydrogen (secondary N) is 1. The van der Waals surface area contributed by atoms with Crippen LogP contribution in [0.5, 0.6) is 0 Å². The van der Waals surface area contributed by atoms with Crippen molar-refractivity contribution in [2.45, 2.75) is 13.0 Å². The van der Waals surface area contributed by atoms with Crippen molar-refractivity contribution in [3.63, 3.8) is 0 Å². The Hall–Kier alpha value is -3.28. The Kier molecular flexibility index (Phi) is 4.99. The molecule has 0 bridgehead atoms. The largest absolute Gasteiger partial charge is 0.341 e. The van der Waals surface area contributed by atoms with Crippen LogP contribution in [0.2, 0.25) is 0 Å². The quantitative estimate of drug-likeness (QED) is 0.720. The van der Waals surface area contributed by atoms with Crippen molar-refractivity contribution in [2.75, 3.05) is 0 Å². The maximum Gasteiger partial charge on any atom is 0.249 e. The summed E-state index contributed by atoms with van der Waals surface area (Å²) < 4.78 is 18.1. The van der Waals surface area contributed by atoms with Crippen molar-refractivity contribution < 1.29 is 13.7 Å². The summed E-state index contributed by atoms with van der Waals surface area (Å²) in [6, 6.07) is 14.8. The van der Waals surface area contributed by atoms with Gasteiger partial charge in [0, 0.05) is 11.6 Å². The smallest absolute Gasteiger partial charge is 0.249 e. The highest BCUT2D eigenvalue weighted by molar-refractivity contribution is 5.91. The van der Waals surface area contributed by atoms with Crippen molar-refractivity contribution in [1.29, 1.82) is 0 Å². The number of carbonyl (C=O) groups excluding carboxylic acids is 1. The highest BCUT2D eigenvalue weighted by Crippen LogP contribution is 2.19. The third kappa shape index (κ3) is 4.38. The second-order valence-electron chi connectivity index (χ2n) is 5.44. The molecular weight excluding hydrogens is 321 g/mol. The van der Waals surface area contributed by atoms with Gasteiger partial charge in [0.2, 0.25) is 17.6 Å². The molecule has 1 amide bonds. The lowest BCUT2D eigenvalue weighted by Gasteiger charge is -2.06. The van der Waals surface area contributed by atoms with Crippen LogP contribution in [0.25, 0.3) is 17.5 Å². The molecule has 0 radical (unpaired) electrons. The van der Waals surface area contributed by atoms with E-state index in [1.807, 2.05) is 30.3 Å². The fraction of sp³-hybridized carbons (Fsp3) is 0.105. The summed E-state index contributed by atoms with van der Waals surface area (Å²) in [7, 11) is 0. The van der Waals surface area contributed by atoms with Gasteiger partial charge in [0.25, 0.3) is 0 Å². The number of benzene rings is 2. The highest BCUT2D eigenvalue weighted by atomic mass is 19.1. The molecule has 126 valence electrons. The molecule has 0 spiro atoms. The number of nitrogens with zero attached hydrogens (tertiary/aromatic N) is 2. The zero-order chi connectivity index (χ0) is 17.6. The summed E-state index contributed by atoms with van der Waals surface area (Å²) in [5, 5.41) is 6.62. The molecule has 6 heteroatoms. The van der Waals surface area contributed by atoms with E-state index in [1.54, 1.807) is 25.1 Å². The minimum Gasteiger partial charge on any atom is -0.341 e. The molecule has 0 saturated heterocycles. The number of amides is 1. The molecule has 3 aromatic rings. The van der Waals surface area contributed by atoms with Crippen LogP contribution in [0.1, 0.15) is 24.4 Å². The Labute approximate surface area is 144 Å². The second-order valence-corrected chi connectivity index (χ2v) is 5.44. The zero-order valence-corrected chi connectivity index (χ0v) is 13.5. The van der Waals surface area contributed by atoms with E-state index in [9.17, 15) is 9.18 Å². The number of rotatable bonds is 5. The molecule has 0 saturated carbocycles. The topological polar surface area (TPSA) is 68.0 Å². The van der Waals surface area contributed by atoms with Gasteiger partial charge in [0.05, 0.1) is 0 Å². The Balaban J connectivity index is 1.63. The predicted molar refractivity (Wildman–Crippen MR) is 91.7 cm³/mol. The molecule has 0 aliphatic rings. The van der Waals surface area contributed by atoms with Gasteiger partial charge >= 0.3 is 0 Å². The van der Waals surface area contributed by atoms with Gasteiger partial charge in [-0.05, 0) is 42.8 Å². The molecule has 3 rings (SSSR count). The molecule has 1 aromatic heterocycles. The monoisotopic (exact) mass is 337 g/mol. The number of hydrogen-bond acceptors (Lipinski definition) is 4. The van der Waals surface area contributed by atoms with E-state index in [-0.39, 0.29) is 17.6 Å². The van der Waals surface area contributed by atoms with Crippen LogP contribution in [-0.2, 0) is 4.79 Å². The van der Waals surface area contributed by atoms with Gasteiger partial charge in [-0.25, -0.2) is 4.39 Å². The van der Waals surface area contributed by atoms with Gasteiger partial charge in [-0.15, -0.1) is 0 Å². The third-order valence-corrected chi connectivity index (χ3v) is 3.50. The van der Waals surface area contributed by atoms with Crippen LogP contribution < -0.4 is 5.32 Å². The second kappa shape index (κ2) is 7.53. The summed E-state index contributed by atoms with van der Waals surface area (Å²) in [6.07, 6.45) is 3.17. The lowest BCUT2D eigenvalue weighted by molar-refractivity contribution is -0.117. The summed E-state index contributed by atoms with van der Waals surface area (Å²) in [4.78, 5) is 16.2. The fourth-order valence-electron chi connectivity index (χ4n) is 2.19. The molecule has 1 N–H and O–H groups in total. The first-order valence-electron chi connectivity index (χ1n) is 7.75. The van der Waals surface area contributed by atoms with E-state index < -0.39 is 6.04 Å². The molecule has 0 fully saturated rings. The van der Waals surface area contributed by atoms with Crippen LogP contribution in [0.15, 0.2) is 65.2 Å². The van der Waals surface area contributed by atoms with Crippen molar-refractivity contribution in [2.24, 2.45) is 0 Å². The van der Waals surface area contributed by atoms with E-state index in [2.05, 4.69) is 15.5 Å². The standard InChI is InChI=1S/C19H16FN3O2/c1-13(21-17(24)12-7-14-5-3-2-4-6-14)19-22-18(23-25-19)15-8-10-16(20)11-9-15/h2-13H,1H3,(H,21,24). The minimum absolute atomic E-state index is 0.266. The summed E-state index contributed by atoms with van der Waals surface area (Å²) in [5.74, 6) is 0.0212. The molecular formula is C19H16FN3O2. The van der Waals surface area contributed by atoms with Gasteiger partial charge in [0.1, 0.15) is 11.9 Å². The molecule has 0 aliphatic heterocycles.